The number of piperidine rings is 1. The quantitative estimate of drug-likeness (QED) is 0.658. The number of aromatic nitrogens is 3. The first-order chi connectivity index (χ1) is 15.7. The van der Waals surface area contributed by atoms with Crippen LogP contribution in [0.4, 0.5) is 4.79 Å². The fourth-order valence-corrected chi connectivity index (χ4v) is 5.09. The standard InChI is InChI=1S/C24H23N5O2S/c30-23(20-15-32-24(31)27-20)29-12-4-7-18(14-29)21-19(16-5-2-1-3-6-16)13-26-22(28-21)17-8-10-25-11-9-17/h1-3,5-6,8-11,13,18,20H,4,7,12,14-15H2,(H,27,31)/t18?,20-/m0/s1. The average molecular weight is 446 g/mol. The predicted molar refractivity (Wildman–Crippen MR) is 124 cm³/mol. The Bertz CT molecular complexity index is 1130. The number of thioether (sulfide) groups is 1. The predicted octanol–water partition coefficient (Wildman–Crippen LogP) is 3.74. The molecule has 0 saturated carbocycles. The third-order valence-corrected chi connectivity index (χ3v) is 6.81. The molecule has 2 atom stereocenters. The molecule has 1 unspecified atom stereocenters. The van der Waals surface area contributed by atoms with Crippen LogP contribution >= 0.6 is 11.8 Å². The number of benzene rings is 1. The van der Waals surface area contributed by atoms with Gasteiger partial charge in [0.1, 0.15) is 6.04 Å². The molecule has 2 aromatic heterocycles. The maximum Gasteiger partial charge on any atom is 0.279 e. The maximum atomic E-state index is 13.0. The zero-order valence-electron chi connectivity index (χ0n) is 17.5. The van der Waals surface area contributed by atoms with Crippen LogP contribution in [0.15, 0.2) is 61.1 Å². The van der Waals surface area contributed by atoms with Gasteiger partial charge in [0, 0.05) is 54.5 Å². The smallest absolute Gasteiger partial charge is 0.279 e. The molecule has 3 aromatic rings. The Hall–Kier alpha value is -3.26. The van der Waals surface area contributed by atoms with Crippen molar-refractivity contribution in [3.05, 3.63) is 66.7 Å². The van der Waals surface area contributed by atoms with Gasteiger partial charge in [-0.2, -0.15) is 0 Å². The molecular formula is C24H23N5O2S. The van der Waals surface area contributed by atoms with Gasteiger partial charge in [0.05, 0.1) is 5.69 Å². The van der Waals surface area contributed by atoms with Crippen LogP contribution in [0.3, 0.4) is 0 Å². The van der Waals surface area contributed by atoms with E-state index in [2.05, 4.69) is 27.4 Å². The first-order valence-electron chi connectivity index (χ1n) is 10.7. The molecule has 2 fully saturated rings. The molecule has 5 rings (SSSR count). The van der Waals surface area contributed by atoms with E-state index < -0.39 is 6.04 Å². The Balaban J connectivity index is 1.48. The lowest BCUT2D eigenvalue weighted by atomic mass is 9.89. The monoisotopic (exact) mass is 445 g/mol. The van der Waals surface area contributed by atoms with Crippen molar-refractivity contribution >= 4 is 22.9 Å². The molecule has 162 valence electrons. The van der Waals surface area contributed by atoms with Crippen molar-refractivity contribution in [3.63, 3.8) is 0 Å². The van der Waals surface area contributed by atoms with Crippen LogP contribution < -0.4 is 5.32 Å². The van der Waals surface area contributed by atoms with Crippen LogP contribution in [0.25, 0.3) is 22.5 Å². The van der Waals surface area contributed by atoms with Gasteiger partial charge in [-0.25, -0.2) is 9.97 Å². The minimum Gasteiger partial charge on any atom is -0.340 e. The Morgan fingerprint density at radius 2 is 1.91 bits per heavy atom. The van der Waals surface area contributed by atoms with Crippen molar-refractivity contribution in [2.24, 2.45) is 0 Å². The summed E-state index contributed by atoms with van der Waals surface area (Å²) in [7, 11) is 0. The summed E-state index contributed by atoms with van der Waals surface area (Å²) in [6.07, 6.45) is 7.20. The van der Waals surface area contributed by atoms with Crippen LogP contribution in [-0.2, 0) is 4.79 Å². The molecule has 2 aliphatic rings. The van der Waals surface area contributed by atoms with Gasteiger partial charge in [0.2, 0.25) is 5.91 Å². The lowest BCUT2D eigenvalue weighted by molar-refractivity contribution is -0.133. The molecule has 0 aliphatic carbocycles. The van der Waals surface area contributed by atoms with E-state index in [0.717, 1.165) is 35.2 Å². The van der Waals surface area contributed by atoms with Crippen molar-refractivity contribution in [3.8, 4) is 22.5 Å². The topological polar surface area (TPSA) is 88.1 Å². The Labute approximate surface area is 190 Å². The third-order valence-electron chi connectivity index (χ3n) is 5.93. The van der Waals surface area contributed by atoms with Gasteiger partial charge in [-0.05, 0) is 30.5 Å². The van der Waals surface area contributed by atoms with Crippen molar-refractivity contribution in [1.82, 2.24) is 25.2 Å². The van der Waals surface area contributed by atoms with Gasteiger partial charge in [0.25, 0.3) is 5.24 Å². The SMILES string of the molecule is O=C1N[C@H](C(=O)N2CCCC(c3nc(-c4ccncc4)ncc3-c3ccccc3)C2)CS1. The summed E-state index contributed by atoms with van der Waals surface area (Å²) < 4.78 is 0. The van der Waals surface area contributed by atoms with Crippen molar-refractivity contribution in [2.75, 3.05) is 18.8 Å². The van der Waals surface area contributed by atoms with E-state index in [1.807, 2.05) is 41.4 Å². The number of rotatable bonds is 4. The summed E-state index contributed by atoms with van der Waals surface area (Å²) in [6.45, 7) is 1.29. The number of nitrogens with one attached hydrogen (secondary N) is 1. The Morgan fingerprint density at radius 3 is 2.66 bits per heavy atom. The van der Waals surface area contributed by atoms with E-state index in [4.69, 9.17) is 4.98 Å². The van der Waals surface area contributed by atoms with Gasteiger partial charge in [-0.3, -0.25) is 14.6 Å². The zero-order chi connectivity index (χ0) is 21.9. The molecule has 8 heteroatoms. The second-order valence-electron chi connectivity index (χ2n) is 8.01. The molecule has 0 bridgehead atoms. The molecule has 2 amide bonds. The zero-order valence-corrected chi connectivity index (χ0v) is 18.3. The Morgan fingerprint density at radius 1 is 1.09 bits per heavy atom. The van der Waals surface area contributed by atoms with E-state index in [1.54, 1.807) is 12.4 Å². The Kier molecular flexibility index (Phi) is 5.85. The third kappa shape index (κ3) is 4.23. The molecular weight excluding hydrogens is 422 g/mol. The molecule has 0 spiro atoms. The van der Waals surface area contributed by atoms with E-state index in [1.165, 1.54) is 11.8 Å². The average Bonchev–Trinajstić information content (AvgIpc) is 3.30. The lowest BCUT2D eigenvalue weighted by Gasteiger charge is -2.34. The highest BCUT2D eigenvalue weighted by Gasteiger charge is 2.35. The highest BCUT2D eigenvalue weighted by atomic mass is 32.2. The highest BCUT2D eigenvalue weighted by molar-refractivity contribution is 8.14. The van der Waals surface area contributed by atoms with Gasteiger partial charge in [-0.15, -0.1) is 0 Å². The fourth-order valence-electron chi connectivity index (χ4n) is 4.32. The minimum absolute atomic E-state index is 0.00211. The molecule has 2 saturated heterocycles. The first kappa shape index (κ1) is 20.6. The largest absolute Gasteiger partial charge is 0.340 e. The van der Waals surface area contributed by atoms with E-state index in [0.29, 0.717) is 24.7 Å². The first-order valence-corrected chi connectivity index (χ1v) is 11.7. The molecule has 0 radical (unpaired) electrons. The maximum absolute atomic E-state index is 13.0. The molecule has 4 heterocycles. The van der Waals surface area contributed by atoms with E-state index in [9.17, 15) is 9.59 Å². The second-order valence-corrected chi connectivity index (χ2v) is 9.01. The van der Waals surface area contributed by atoms with Crippen LogP contribution in [0.2, 0.25) is 0 Å². The highest BCUT2D eigenvalue weighted by Crippen LogP contribution is 2.34. The number of carbonyl (C=O) groups is 2. The molecule has 1 aromatic carbocycles. The van der Waals surface area contributed by atoms with E-state index >= 15 is 0 Å². The minimum atomic E-state index is -0.433. The van der Waals surface area contributed by atoms with Crippen molar-refractivity contribution in [1.29, 1.82) is 0 Å². The van der Waals surface area contributed by atoms with Crippen molar-refractivity contribution < 1.29 is 9.59 Å². The molecule has 1 N–H and O–H groups in total. The van der Waals surface area contributed by atoms with Crippen LogP contribution in [0.5, 0.6) is 0 Å². The molecule has 32 heavy (non-hydrogen) atoms. The van der Waals surface area contributed by atoms with Gasteiger partial charge >= 0.3 is 0 Å². The fraction of sp³-hybridized carbons (Fsp3) is 0.292. The molecule has 2 aliphatic heterocycles. The van der Waals surface area contributed by atoms with Crippen LogP contribution in [-0.4, -0.2) is 55.9 Å². The summed E-state index contributed by atoms with van der Waals surface area (Å²) in [5, 5.41) is 2.65. The number of hydrogen-bond acceptors (Lipinski definition) is 6. The molecule has 7 nitrogen and oxygen atoms in total. The summed E-state index contributed by atoms with van der Waals surface area (Å²) in [5.41, 5.74) is 3.93. The van der Waals surface area contributed by atoms with Crippen LogP contribution in [0.1, 0.15) is 24.5 Å². The lowest BCUT2D eigenvalue weighted by Crippen LogP contribution is -2.49. The summed E-state index contributed by atoms with van der Waals surface area (Å²) >= 11 is 1.17. The normalized spacial score (nSPS) is 20.8. The summed E-state index contributed by atoms with van der Waals surface area (Å²) in [4.78, 5) is 40.2. The number of carbonyl (C=O) groups excluding carboxylic acids is 2. The number of likely N-dealkylation sites (tertiary alicyclic amines) is 1. The van der Waals surface area contributed by atoms with Gasteiger partial charge in [0.15, 0.2) is 5.82 Å². The summed E-state index contributed by atoms with van der Waals surface area (Å²) in [5.74, 6) is 1.24. The van der Waals surface area contributed by atoms with Gasteiger partial charge < -0.3 is 10.2 Å². The second kappa shape index (κ2) is 9.08. The van der Waals surface area contributed by atoms with E-state index in [-0.39, 0.29) is 17.1 Å². The van der Waals surface area contributed by atoms with Gasteiger partial charge in [-0.1, -0.05) is 42.1 Å². The van der Waals surface area contributed by atoms with Crippen molar-refractivity contribution in [2.45, 2.75) is 24.8 Å². The number of hydrogen-bond donors (Lipinski definition) is 1. The number of amides is 2. The van der Waals surface area contributed by atoms with Crippen LogP contribution in [0, 0.1) is 0 Å². The number of nitrogens with zero attached hydrogens (tertiary/aromatic N) is 4. The number of pyridine rings is 1. The summed E-state index contributed by atoms with van der Waals surface area (Å²) in [6, 6.07) is 13.5.